The summed E-state index contributed by atoms with van der Waals surface area (Å²) in [7, 11) is 1.46. The number of nitrogens with zero attached hydrogens (tertiary/aromatic N) is 6. The Balaban J connectivity index is 1.77. The Hall–Kier alpha value is -3.76. The molecule has 0 atom stereocenters. The van der Waals surface area contributed by atoms with Gasteiger partial charge in [-0.2, -0.15) is 18.9 Å². The fourth-order valence-corrected chi connectivity index (χ4v) is 2.77. The van der Waals surface area contributed by atoms with E-state index in [1.165, 1.54) is 31.6 Å². The summed E-state index contributed by atoms with van der Waals surface area (Å²) in [5, 5.41) is 7.54. The molecule has 11 heteroatoms. The van der Waals surface area contributed by atoms with Crippen molar-refractivity contribution in [1.82, 2.24) is 29.9 Å². The van der Waals surface area contributed by atoms with Crippen LogP contribution in [-0.4, -0.2) is 37.0 Å². The molecule has 0 saturated carbocycles. The molecule has 0 aliphatic carbocycles. The van der Waals surface area contributed by atoms with Gasteiger partial charge in [0.05, 0.1) is 25.2 Å². The predicted molar refractivity (Wildman–Crippen MR) is 94.5 cm³/mol. The van der Waals surface area contributed by atoms with Crippen LogP contribution >= 0.6 is 0 Å². The molecular weight excluding hydrogens is 389 g/mol. The number of methoxy groups -OCH3 is 1. The van der Waals surface area contributed by atoms with E-state index in [4.69, 9.17) is 9.26 Å². The zero-order valence-corrected chi connectivity index (χ0v) is 15.2. The number of aromatic nitrogens is 6. The molecule has 0 aromatic carbocycles. The third kappa shape index (κ3) is 3.53. The lowest BCUT2D eigenvalue weighted by atomic mass is 10.1. The van der Waals surface area contributed by atoms with Crippen molar-refractivity contribution in [2.45, 2.75) is 13.5 Å². The summed E-state index contributed by atoms with van der Waals surface area (Å²) in [5.74, 6) is 0.156. The minimum Gasteiger partial charge on any atom is -0.494 e. The summed E-state index contributed by atoms with van der Waals surface area (Å²) in [6.07, 6.45) is 3.54. The average Bonchev–Trinajstić information content (AvgIpc) is 3.38. The number of rotatable bonds is 5. The number of hydrogen-bond donors (Lipinski definition) is 0. The minimum atomic E-state index is -2.76. The normalized spacial score (nSPS) is 11.2. The molecule has 4 aromatic heterocycles. The molecular formula is C18H13F3N6O2. The van der Waals surface area contributed by atoms with Gasteiger partial charge in [-0.05, 0) is 25.1 Å². The molecule has 0 unspecified atom stereocenters. The minimum absolute atomic E-state index is 0.0855. The highest BCUT2D eigenvalue weighted by Gasteiger charge is 2.19. The smallest absolute Gasteiger partial charge is 0.333 e. The maximum atomic E-state index is 13.0. The summed E-state index contributed by atoms with van der Waals surface area (Å²) < 4.78 is 49.9. The molecule has 148 valence electrons. The third-order valence-corrected chi connectivity index (χ3v) is 4.06. The second kappa shape index (κ2) is 7.34. The second-order valence-corrected chi connectivity index (χ2v) is 5.95. The zero-order chi connectivity index (χ0) is 20.5. The van der Waals surface area contributed by atoms with Crippen LogP contribution in [0, 0.1) is 12.7 Å². The molecule has 0 fully saturated rings. The van der Waals surface area contributed by atoms with E-state index in [0.29, 0.717) is 38.6 Å². The fourth-order valence-electron chi connectivity index (χ4n) is 2.77. The van der Waals surface area contributed by atoms with Crippen molar-refractivity contribution in [3.8, 4) is 40.0 Å². The van der Waals surface area contributed by atoms with Gasteiger partial charge in [0.2, 0.25) is 5.82 Å². The number of hydrogen-bond acceptors (Lipinski definition) is 7. The molecule has 4 aromatic rings. The lowest BCUT2D eigenvalue weighted by Crippen LogP contribution is -1.98. The predicted octanol–water partition coefficient (Wildman–Crippen LogP) is 3.91. The Labute approximate surface area is 162 Å². The van der Waals surface area contributed by atoms with Crippen molar-refractivity contribution in [3.63, 3.8) is 0 Å². The van der Waals surface area contributed by atoms with Crippen molar-refractivity contribution in [1.29, 1.82) is 0 Å². The Morgan fingerprint density at radius 2 is 1.97 bits per heavy atom. The summed E-state index contributed by atoms with van der Waals surface area (Å²) in [5.41, 5.74) is 2.04. The number of alkyl halides is 2. The van der Waals surface area contributed by atoms with Crippen molar-refractivity contribution >= 4 is 0 Å². The molecule has 0 saturated heterocycles. The largest absolute Gasteiger partial charge is 0.494 e. The SMILES string of the molecule is COc1c(-c2cnn(C(F)F)c2)cc(-c2noc(-c3ccc(F)cn3)n2)nc1C. The van der Waals surface area contributed by atoms with Crippen LogP contribution in [0.1, 0.15) is 12.2 Å². The quantitative estimate of drug-likeness (QED) is 0.500. The van der Waals surface area contributed by atoms with E-state index < -0.39 is 12.4 Å². The van der Waals surface area contributed by atoms with Crippen molar-refractivity contribution in [2.24, 2.45) is 0 Å². The Morgan fingerprint density at radius 1 is 1.14 bits per heavy atom. The Morgan fingerprint density at radius 3 is 2.62 bits per heavy atom. The topological polar surface area (TPSA) is 91.8 Å². The molecule has 4 rings (SSSR count). The van der Waals surface area contributed by atoms with E-state index in [2.05, 4.69) is 25.2 Å². The number of aryl methyl sites for hydroxylation is 1. The summed E-state index contributed by atoms with van der Waals surface area (Å²) in [4.78, 5) is 12.5. The van der Waals surface area contributed by atoms with Gasteiger partial charge in [-0.1, -0.05) is 5.16 Å². The highest BCUT2D eigenvalue weighted by molar-refractivity contribution is 5.74. The van der Waals surface area contributed by atoms with Crippen LogP contribution < -0.4 is 4.74 Å². The van der Waals surface area contributed by atoms with E-state index in [0.717, 1.165) is 6.20 Å². The van der Waals surface area contributed by atoms with Gasteiger partial charge in [0.25, 0.3) is 5.89 Å². The standard InChI is InChI=1S/C18H13F3N6O2/c1-9-15(28-2)12(10-6-23-27(8-10)18(20)21)5-14(24-9)16-25-17(29-26-16)13-4-3-11(19)7-22-13/h3-8,18H,1-2H3. The van der Waals surface area contributed by atoms with Crippen LogP contribution in [0.3, 0.4) is 0 Å². The first-order chi connectivity index (χ1) is 14.0. The van der Waals surface area contributed by atoms with E-state index in [-0.39, 0.29) is 11.7 Å². The van der Waals surface area contributed by atoms with Crippen molar-refractivity contribution < 1.29 is 22.4 Å². The lowest BCUT2D eigenvalue weighted by Gasteiger charge is -2.11. The first-order valence-electron chi connectivity index (χ1n) is 8.30. The number of halogens is 3. The third-order valence-electron chi connectivity index (χ3n) is 4.06. The van der Waals surface area contributed by atoms with E-state index in [9.17, 15) is 13.2 Å². The molecule has 29 heavy (non-hydrogen) atoms. The maximum Gasteiger partial charge on any atom is 0.333 e. The highest BCUT2D eigenvalue weighted by atomic mass is 19.3. The Bertz CT molecular complexity index is 1160. The number of pyridine rings is 2. The van der Waals surface area contributed by atoms with Gasteiger partial charge >= 0.3 is 6.55 Å². The molecule has 0 aliphatic heterocycles. The van der Waals surface area contributed by atoms with Gasteiger partial charge in [0.1, 0.15) is 23.0 Å². The van der Waals surface area contributed by atoms with Crippen LogP contribution in [0.2, 0.25) is 0 Å². The molecule has 0 bridgehead atoms. The highest BCUT2D eigenvalue weighted by Crippen LogP contribution is 2.35. The molecule has 8 nitrogen and oxygen atoms in total. The van der Waals surface area contributed by atoms with E-state index in [1.54, 1.807) is 13.0 Å². The fraction of sp³-hybridized carbons (Fsp3) is 0.167. The van der Waals surface area contributed by atoms with Gasteiger partial charge in [0.15, 0.2) is 0 Å². The van der Waals surface area contributed by atoms with E-state index in [1.807, 2.05) is 0 Å². The van der Waals surface area contributed by atoms with Crippen molar-refractivity contribution in [3.05, 3.63) is 48.3 Å². The first kappa shape index (κ1) is 18.6. The Kier molecular flexibility index (Phi) is 4.71. The second-order valence-electron chi connectivity index (χ2n) is 5.95. The molecule has 0 radical (unpaired) electrons. The monoisotopic (exact) mass is 402 g/mol. The summed E-state index contributed by atoms with van der Waals surface area (Å²) in [6, 6.07) is 4.22. The maximum absolute atomic E-state index is 13.0. The van der Waals surface area contributed by atoms with Crippen LogP contribution in [0.25, 0.3) is 34.2 Å². The van der Waals surface area contributed by atoms with Crippen molar-refractivity contribution in [2.75, 3.05) is 7.11 Å². The molecule has 0 N–H and O–H groups in total. The lowest BCUT2D eigenvalue weighted by molar-refractivity contribution is 0.0566. The zero-order valence-electron chi connectivity index (χ0n) is 15.2. The van der Waals surface area contributed by atoms with Crippen LogP contribution in [0.4, 0.5) is 13.2 Å². The molecule has 0 aliphatic rings. The molecule has 0 spiro atoms. The first-order valence-corrected chi connectivity index (χ1v) is 8.30. The molecule has 4 heterocycles. The van der Waals surface area contributed by atoms with Crippen LogP contribution in [0.15, 0.2) is 41.3 Å². The van der Waals surface area contributed by atoms with Gasteiger partial charge < -0.3 is 9.26 Å². The van der Waals surface area contributed by atoms with Gasteiger partial charge in [-0.15, -0.1) is 0 Å². The summed E-state index contributed by atoms with van der Waals surface area (Å²) in [6.45, 7) is -1.06. The number of ether oxygens (including phenoxy) is 1. The summed E-state index contributed by atoms with van der Waals surface area (Å²) >= 11 is 0. The van der Waals surface area contributed by atoms with E-state index >= 15 is 0 Å². The molecule has 0 amide bonds. The van der Waals surface area contributed by atoms with Crippen LogP contribution in [-0.2, 0) is 0 Å². The average molecular weight is 402 g/mol. The van der Waals surface area contributed by atoms with Gasteiger partial charge in [-0.25, -0.2) is 19.0 Å². The van der Waals surface area contributed by atoms with Gasteiger partial charge in [-0.3, -0.25) is 0 Å². The van der Waals surface area contributed by atoms with Gasteiger partial charge in [0, 0.05) is 17.3 Å². The van der Waals surface area contributed by atoms with Crippen LogP contribution in [0.5, 0.6) is 5.75 Å².